The van der Waals surface area contributed by atoms with Gasteiger partial charge in [-0.05, 0) is 56.1 Å². The van der Waals surface area contributed by atoms with Crippen LogP contribution in [0.1, 0.15) is 12.8 Å². The average Bonchev–Trinajstić information content (AvgIpc) is 2.83. The molecule has 4 nitrogen and oxygen atoms in total. The standard InChI is InChI=1S/C14H17FN2O2/c15-11-1-3-12(4-2-11)17-13(9-19-14(17)18)10-5-7-16-8-6-10/h1-4,10,13,16H,5-9H2. The summed E-state index contributed by atoms with van der Waals surface area (Å²) >= 11 is 0. The second-order valence-electron chi connectivity index (χ2n) is 5.08. The van der Waals surface area contributed by atoms with Crippen LogP contribution in [0.2, 0.25) is 0 Å². The molecule has 0 spiro atoms. The predicted octanol–water partition coefficient (Wildman–Crippen LogP) is 2.15. The van der Waals surface area contributed by atoms with E-state index in [0.29, 0.717) is 18.2 Å². The van der Waals surface area contributed by atoms with E-state index in [2.05, 4.69) is 5.32 Å². The molecule has 0 aliphatic carbocycles. The van der Waals surface area contributed by atoms with Crippen molar-refractivity contribution in [2.24, 2.45) is 5.92 Å². The largest absolute Gasteiger partial charge is 0.447 e. The maximum Gasteiger partial charge on any atom is 0.414 e. The van der Waals surface area contributed by atoms with Gasteiger partial charge < -0.3 is 10.1 Å². The molecule has 1 aromatic rings. The Morgan fingerprint density at radius 2 is 1.89 bits per heavy atom. The number of anilines is 1. The number of halogens is 1. The Morgan fingerprint density at radius 3 is 2.58 bits per heavy atom. The number of ether oxygens (including phenoxy) is 1. The van der Waals surface area contributed by atoms with Crippen LogP contribution in [-0.4, -0.2) is 31.8 Å². The molecule has 1 aromatic carbocycles. The van der Waals surface area contributed by atoms with Crippen molar-refractivity contribution in [2.75, 3.05) is 24.6 Å². The zero-order valence-corrected chi connectivity index (χ0v) is 10.6. The highest BCUT2D eigenvalue weighted by Gasteiger charge is 2.39. The van der Waals surface area contributed by atoms with Gasteiger partial charge in [0.05, 0.1) is 6.04 Å². The van der Waals surface area contributed by atoms with Crippen molar-refractivity contribution >= 4 is 11.8 Å². The Bertz CT molecular complexity index is 457. The van der Waals surface area contributed by atoms with E-state index in [1.54, 1.807) is 17.0 Å². The summed E-state index contributed by atoms with van der Waals surface area (Å²) in [5.74, 6) is 0.146. The summed E-state index contributed by atoms with van der Waals surface area (Å²) < 4.78 is 18.2. The van der Waals surface area contributed by atoms with Gasteiger partial charge in [-0.1, -0.05) is 0 Å². The lowest BCUT2D eigenvalue weighted by molar-refractivity contribution is 0.174. The summed E-state index contributed by atoms with van der Waals surface area (Å²) in [5.41, 5.74) is 0.715. The summed E-state index contributed by atoms with van der Waals surface area (Å²) in [7, 11) is 0. The van der Waals surface area contributed by atoms with Crippen LogP contribution in [-0.2, 0) is 4.74 Å². The number of hydrogen-bond acceptors (Lipinski definition) is 3. The summed E-state index contributed by atoms with van der Waals surface area (Å²) in [6.07, 6.45) is 1.76. The number of benzene rings is 1. The first kappa shape index (κ1) is 12.4. The molecule has 1 amide bonds. The van der Waals surface area contributed by atoms with Crippen LogP contribution in [0.25, 0.3) is 0 Å². The molecular weight excluding hydrogens is 247 g/mol. The summed E-state index contributed by atoms with van der Waals surface area (Å²) in [6, 6.07) is 6.09. The molecule has 102 valence electrons. The molecule has 0 aromatic heterocycles. The van der Waals surface area contributed by atoms with Crippen LogP contribution in [0.3, 0.4) is 0 Å². The fourth-order valence-electron chi connectivity index (χ4n) is 2.91. The van der Waals surface area contributed by atoms with E-state index in [1.165, 1.54) is 12.1 Å². The number of carbonyl (C=O) groups is 1. The Kier molecular flexibility index (Phi) is 3.38. The molecule has 2 fully saturated rings. The lowest BCUT2D eigenvalue weighted by atomic mass is 9.90. The fourth-order valence-corrected chi connectivity index (χ4v) is 2.91. The van der Waals surface area contributed by atoms with Gasteiger partial charge >= 0.3 is 6.09 Å². The third-order valence-corrected chi connectivity index (χ3v) is 3.94. The topological polar surface area (TPSA) is 41.6 Å². The van der Waals surface area contributed by atoms with Gasteiger partial charge in [-0.2, -0.15) is 0 Å². The minimum absolute atomic E-state index is 0.0695. The van der Waals surface area contributed by atoms with E-state index in [4.69, 9.17) is 4.74 Å². The minimum Gasteiger partial charge on any atom is -0.447 e. The van der Waals surface area contributed by atoms with E-state index in [0.717, 1.165) is 25.9 Å². The number of piperidine rings is 1. The molecule has 2 saturated heterocycles. The van der Waals surface area contributed by atoms with Crippen molar-refractivity contribution in [3.05, 3.63) is 30.1 Å². The molecule has 0 bridgehead atoms. The normalized spacial score (nSPS) is 24.6. The summed E-state index contributed by atoms with van der Waals surface area (Å²) in [5, 5.41) is 3.32. The number of nitrogens with zero attached hydrogens (tertiary/aromatic N) is 1. The Labute approximate surface area is 111 Å². The Morgan fingerprint density at radius 1 is 1.21 bits per heavy atom. The Balaban J connectivity index is 1.83. The van der Waals surface area contributed by atoms with Crippen molar-refractivity contribution in [3.8, 4) is 0 Å². The maximum atomic E-state index is 13.0. The third-order valence-electron chi connectivity index (χ3n) is 3.94. The molecule has 1 unspecified atom stereocenters. The van der Waals surface area contributed by atoms with Gasteiger partial charge in [0.2, 0.25) is 0 Å². The van der Waals surface area contributed by atoms with Gasteiger partial charge in [-0.3, -0.25) is 4.90 Å². The molecule has 0 radical (unpaired) electrons. The van der Waals surface area contributed by atoms with Gasteiger partial charge in [0.25, 0.3) is 0 Å². The lowest BCUT2D eigenvalue weighted by Crippen LogP contribution is -2.43. The second kappa shape index (κ2) is 5.17. The van der Waals surface area contributed by atoms with Crippen LogP contribution in [0.5, 0.6) is 0 Å². The van der Waals surface area contributed by atoms with Crippen molar-refractivity contribution in [1.29, 1.82) is 0 Å². The van der Waals surface area contributed by atoms with Gasteiger partial charge in [0.1, 0.15) is 12.4 Å². The number of carbonyl (C=O) groups excluding carboxylic acids is 1. The first-order valence-electron chi connectivity index (χ1n) is 6.68. The number of amides is 1. The molecule has 3 rings (SSSR count). The van der Waals surface area contributed by atoms with Crippen LogP contribution < -0.4 is 10.2 Å². The molecule has 2 heterocycles. The van der Waals surface area contributed by atoms with E-state index in [1.807, 2.05) is 0 Å². The molecule has 1 N–H and O–H groups in total. The molecule has 2 aliphatic heterocycles. The zero-order chi connectivity index (χ0) is 13.2. The maximum absolute atomic E-state index is 13.0. The van der Waals surface area contributed by atoms with Crippen LogP contribution >= 0.6 is 0 Å². The smallest absolute Gasteiger partial charge is 0.414 e. The number of cyclic esters (lactones) is 1. The summed E-state index contributed by atoms with van der Waals surface area (Å²) in [6.45, 7) is 2.39. The highest BCUT2D eigenvalue weighted by molar-refractivity contribution is 5.90. The van der Waals surface area contributed by atoms with Crippen molar-refractivity contribution in [1.82, 2.24) is 5.32 Å². The monoisotopic (exact) mass is 264 g/mol. The molecule has 5 heteroatoms. The molecule has 2 aliphatic rings. The first-order chi connectivity index (χ1) is 9.25. The second-order valence-corrected chi connectivity index (χ2v) is 5.08. The van der Waals surface area contributed by atoms with E-state index < -0.39 is 0 Å². The van der Waals surface area contributed by atoms with E-state index >= 15 is 0 Å². The van der Waals surface area contributed by atoms with Gasteiger partial charge in [0.15, 0.2) is 0 Å². The fraction of sp³-hybridized carbons (Fsp3) is 0.500. The zero-order valence-electron chi connectivity index (χ0n) is 10.6. The average molecular weight is 264 g/mol. The van der Waals surface area contributed by atoms with Gasteiger partial charge in [-0.25, -0.2) is 9.18 Å². The third kappa shape index (κ3) is 2.42. The van der Waals surface area contributed by atoms with Gasteiger partial charge in [0, 0.05) is 5.69 Å². The van der Waals surface area contributed by atoms with Crippen LogP contribution in [0.4, 0.5) is 14.9 Å². The van der Waals surface area contributed by atoms with Crippen molar-refractivity contribution in [2.45, 2.75) is 18.9 Å². The predicted molar refractivity (Wildman–Crippen MR) is 69.6 cm³/mol. The first-order valence-corrected chi connectivity index (χ1v) is 6.68. The van der Waals surface area contributed by atoms with E-state index in [9.17, 15) is 9.18 Å². The number of nitrogens with one attached hydrogen (secondary N) is 1. The lowest BCUT2D eigenvalue weighted by Gasteiger charge is -2.31. The number of rotatable bonds is 2. The minimum atomic E-state index is -0.324. The highest BCUT2D eigenvalue weighted by atomic mass is 19.1. The Hall–Kier alpha value is -1.62. The highest BCUT2D eigenvalue weighted by Crippen LogP contribution is 2.30. The quantitative estimate of drug-likeness (QED) is 0.890. The molecule has 1 atom stereocenters. The van der Waals surface area contributed by atoms with Crippen LogP contribution in [0, 0.1) is 11.7 Å². The number of hydrogen-bond donors (Lipinski definition) is 1. The van der Waals surface area contributed by atoms with Crippen molar-refractivity contribution < 1.29 is 13.9 Å². The molecule has 19 heavy (non-hydrogen) atoms. The van der Waals surface area contributed by atoms with Crippen LogP contribution in [0.15, 0.2) is 24.3 Å². The van der Waals surface area contributed by atoms with Crippen molar-refractivity contribution in [3.63, 3.8) is 0 Å². The molecule has 0 saturated carbocycles. The summed E-state index contributed by atoms with van der Waals surface area (Å²) in [4.78, 5) is 13.6. The molecular formula is C14H17FN2O2. The van der Waals surface area contributed by atoms with Gasteiger partial charge in [-0.15, -0.1) is 0 Å². The SMILES string of the molecule is O=C1OCC(C2CCNCC2)N1c1ccc(F)cc1. The van der Waals surface area contributed by atoms with E-state index in [-0.39, 0.29) is 18.0 Å².